The number of methoxy groups -OCH3 is 1. The number of aliphatic carboxylic acids is 1. The van der Waals surface area contributed by atoms with Gasteiger partial charge in [0, 0.05) is 6.20 Å². The number of carboxylic acid groups (broad SMARTS) is 1. The predicted molar refractivity (Wildman–Crippen MR) is 85.3 cm³/mol. The summed E-state index contributed by atoms with van der Waals surface area (Å²) in [7, 11) is 1.41. The number of benzene rings is 1. The molecular weight excluding hydrogens is 350 g/mol. The molecule has 0 amide bonds. The molecule has 5 nitrogen and oxygen atoms in total. The molecule has 0 saturated heterocycles. The molecule has 2 rings (SSSR count). The highest BCUT2D eigenvalue weighted by Gasteiger charge is 2.15. The number of pyridine rings is 1. The van der Waals surface area contributed by atoms with Crippen LogP contribution in [0.3, 0.4) is 0 Å². The number of ether oxygens (including phenoxy) is 2. The summed E-state index contributed by atoms with van der Waals surface area (Å²) in [6.45, 7) is 0.195. The zero-order valence-corrected chi connectivity index (χ0v) is 13.4. The summed E-state index contributed by atoms with van der Waals surface area (Å²) in [5, 5.41) is 9.30. The third-order valence-electron chi connectivity index (χ3n) is 2.86. The summed E-state index contributed by atoms with van der Waals surface area (Å²) in [6, 6.07) is 10.7. The molecule has 0 fully saturated rings. The first-order valence-electron chi connectivity index (χ1n) is 6.41. The number of carbonyl (C=O) groups is 1. The molecule has 0 radical (unpaired) electrons. The number of aromatic nitrogens is 1. The number of carboxylic acids is 1. The quantitative estimate of drug-likeness (QED) is 0.628. The third-order valence-corrected chi connectivity index (χ3v) is 3.47. The maximum absolute atomic E-state index is 11.4. The molecule has 0 aliphatic rings. The van der Waals surface area contributed by atoms with Crippen LogP contribution >= 0.6 is 15.9 Å². The van der Waals surface area contributed by atoms with Gasteiger partial charge in [-0.1, -0.05) is 24.3 Å². The maximum Gasteiger partial charge on any atom is 0.339 e. The molecule has 0 aliphatic heterocycles. The summed E-state index contributed by atoms with van der Waals surface area (Å²) in [4.78, 5) is 15.5. The molecule has 1 heterocycles. The Morgan fingerprint density at radius 2 is 2.09 bits per heavy atom. The topological polar surface area (TPSA) is 68.7 Å². The minimum absolute atomic E-state index is 0.0711. The highest BCUT2D eigenvalue weighted by Crippen LogP contribution is 2.24. The van der Waals surface area contributed by atoms with Crippen molar-refractivity contribution in [3.05, 3.63) is 64.5 Å². The normalized spacial score (nSPS) is 11.1. The van der Waals surface area contributed by atoms with Crippen LogP contribution in [0.5, 0.6) is 5.88 Å². The Bertz CT molecular complexity index is 700. The summed E-state index contributed by atoms with van der Waals surface area (Å²) in [5.74, 6) is -0.613. The van der Waals surface area contributed by atoms with Gasteiger partial charge in [-0.3, -0.25) is 0 Å². The van der Waals surface area contributed by atoms with E-state index in [9.17, 15) is 9.90 Å². The van der Waals surface area contributed by atoms with Crippen LogP contribution in [-0.4, -0.2) is 23.2 Å². The van der Waals surface area contributed by atoms with Crippen molar-refractivity contribution in [2.75, 3.05) is 7.11 Å². The predicted octanol–water partition coefficient (Wildman–Crippen LogP) is 3.50. The molecule has 1 aromatic heterocycles. The van der Waals surface area contributed by atoms with E-state index in [1.807, 2.05) is 12.1 Å². The average molecular weight is 364 g/mol. The Morgan fingerprint density at radius 3 is 2.77 bits per heavy atom. The lowest BCUT2D eigenvalue weighted by molar-refractivity contribution is -0.130. The van der Waals surface area contributed by atoms with E-state index in [0.717, 1.165) is 10.0 Å². The molecule has 1 aromatic carbocycles. The molecular formula is C16H14BrNO4. The number of nitrogens with zero attached hydrogens (tertiary/aromatic N) is 1. The van der Waals surface area contributed by atoms with Gasteiger partial charge in [0.1, 0.15) is 12.2 Å². The van der Waals surface area contributed by atoms with Crippen molar-refractivity contribution in [3.63, 3.8) is 0 Å². The van der Waals surface area contributed by atoms with Crippen LogP contribution in [-0.2, 0) is 16.1 Å². The number of hydrogen-bond acceptors (Lipinski definition) is 4. The first kappa shape index (κ1) is 16.0. The zero-order chi connectivity index (χ0) is 15.9. The summed E-state index contributed by atoms with van der Waals surface area (Å²) in [5.41, 5.74) is 1.34. The van der Waals surface area contributed by atoms with E-state index in [-0.39, 0.29) is 12.2 Å². The Morgan fingerprint density at radius 1 is 1.32 bits per heavy atom. The van der Waals surface area contributed by atoms with E-state index >= 15 is 0 Å². The Balaban J connectivity index is 2.27. The minimum atomic E-state index is -1.06. The lowest BCUT2D eigenvalue weighted by Crippen LogP contribution is -2.06. The van der Waals surface area contributed by atoms with Gasteiger partial charge in [-0.2, -0.15) is 0 Å². The van der Waals surface area contributed by atoms with Crippen LogP contribution in [0.1, 0.15) is 11.1 Å². The molecule has 0 bridgehead atoms. The van der Waals surface area contributed by atoms with Gasteiger partial charge in [-0.05, 0) is 39.2 Å². The van der Waals surface area contributed by atoms with Crippen LogP contribution in [0, 0.1) is 0 Å². The maximum atomic E-state index is 11.4. The van der Waals surface area contributed by atoms with Gasteiger partial charge in [-0.25, -0.2) is 9.78 Å². The first-order chi connectivity index (χ1) is 10.6. The number of rotatable bonds is 6. The largest absolute Gasteiger partial charge is 0.503 e. The van der Waals surface area contributed by atoms with Crippen molar-refractivity contribution >= 4 is 27.5 Å². The molecule has 1 N–H and O–H groups in total. The average Bonchev–Trinajstić information content (AvgIpc) is 2.52. The second kappa shape index (κ2) is 7.61. The zero-order valence-electron chi connectivity index (χ0n) is 11.8. The molecule has 0 aliphatic carbocycles. The second-order valence-corrected chi connectivity index (χ2v) is 5.16. The molecule has 6 heteroatoms. The second-order valence-electron chi connectivity index (χ2n) is 4.31. The standard InChI is InChI=1S/C16H14BrNO4/c1-21-10-13(16(19)20)12-6-3-2-5-11(12)9-22-15-14(17)7-4-8-18-15/h2-8,10H,9H2,1H3,(H,19,20)/b13-10+. The Labute approximate surface area is 136 Å². The molecule has 0 spiro atoms. The monoisotopic (exact) mass is 363 g/mol. The lowest BCUT2D eigenvalue weighted by atomic mass is 10.0. The van der Waals surface area contributed by atoms with Gasteiger partial charge in [0.05, 0.1) is 17.8 Å². The van der Waals surface area contributed by atoms with E-state index in [4.69, 9.17) is 9.47 Å². The molecule has 22 heavy (non-hydrogen) atoms. The van der Waals surface area contributed by atoms with Crippen LogP contribution in [0.25, 0.3) is 5.57 Å². The molecule has 0 unspecified atom stereocenters. The molecule has 0 atom stereocenters. The minimum Gasteiger partial charge on any atom is -0.503 e. The van der Waals surface area contributed by atoms with Gasteiger partial charge in [-0.15, -0.1) is 0 Å². The van der Waals surface area contributed by atoms with Gasteiger partial charge < -0.3 is 14.6 Å². The first-order valence-corrected chi connectivity index (χ1v) is 7.20. The highest BCUT2D eigenvalue weighted by molar-refractivity contribution is 9.10. The fraction of sp³-hybridized carbons (Fsp3) is 0.125. The number of hydrogen-bond donors (Lipinski definition) is 1. The fourth-order valence-electron chi connectivity index (χ4n) is 1.88. The summed E-state index contributed by atoms with van der Waals surface area (Å²) >= 11 is 3.35. The molecule has 114 valence electrons. The highest BCUT2D eigenvalue weighted by atomic mass is 79.9. The van der Waals surface area contributed by atoms with E-state index in [2.05, 4.69) is 20.9 Å². The summed E-state index contributed by atoms with van der Waals surface area (Å²) in [6.07, 6.45) is 2.83. The van der Waals surface area contributed by atoms with Gasteiger partial charge in [0.25, 0.3) is 0 Å². The van der Waals surface area contributed by atoms with Crippen LogP contribution < -0.4 is 4.74 Å². The van der Waals surface area contributed by atoms with Crippen molar-refractivity contribution in [1.29, 1.82) is 0 Å². The van der Waals surface area contributed by atoms with Gasteiger partial charge in [0.15, 0.2) is 0 Å². The Kier molecular flexibility index (Phi) is 5.55. The van der Waals surface area contributed by atoms with Crippen LogP contribution in [0.4, 0.5) is 0 Å². The van der Waals surface area contributed by atoms with E-state index in [0.29, 0.717) is 11.4 Å². The fourth-order valence-corrected chi connectivity index (χ4v) is 2.25. The van der Waals surface area contributed by atoms with Crippen molar-refractivity contribution in [1.82, 2.24) is 4.98 Å². The molecule has 2 aromatic rings. The van der Waals surface area contributed by atoms with Crippen LogP contribution in [0.2, 0.25) is 0 Å². The van der Waals surface area contributed by atoms with Gasteiger partial charge in [0.2, 0.25) is 5.88 Å². The smallest absolute Gasteiger partial charge is 0.339 e. The van der Waals surface area contributed by atoms with Crippen LogP contribution in [0.15, 0.2) is 53.3 Å². The van der Waals surface area contributed by atoms with E-state index < -0.39 is 5.97 Å². The van der Waals surface area contributed by atoms with Gasteiger partial charge >= 0.3 is 5.97 Å². The SMILES string of the molecule is CO/C=C(/C(=O)O)c1ccccc1COc1ncccc1Br. The third kappa shape index (κ3) is 3.85. The van der Waals surface area contributed by atoms with Crippen molar-refractivity contribution in [2.24, 2.45) is 0 Å². The van der Waals surface area contributed by atoms with Crippen molar-refractivity contribution < 1.29 is 19.4 Å². The summed E-state index contributed by atoms with van der Waals surface area (Å²) < 4.78 is 11.2. The van der Waals surface area contributed by atoms with E-state index in [1.54, 1.807) is 30.5 Å². The lowest BCUT2D eigenvalue weighted by Gasteiger charge is -2.11. The van der Waals surface area contributed by atoms with Crippen molar-refractivity contribution in [3.8, 4) is 5.88 Å². The van der Waals surface area contributed by atoms with Crippen molar-refractivity contribution in [2.45, 2.75) is 6.61 Å². The number of halogens is 1. The van der Waals surface area contributed by atoms with E-state index in [1.165, 1.54) is 13.4 Å². The molecule has 0 saturated carbocycles. The Hall–Kier alpha value is -2.34.